The fourth-order valence-corrected chi connectivity index (χ4v) is 0.924. The number of nitrogen functional groups attached to an aromatic ring is 2. The monoisotopic (exact) mass is 163 g/mol. The van der Waals surface area contributed by atoms with E-state index >= 15 is 0 Å². The number of nitrogens with two attached hydrogens (primary N) is 2. The Bertz CT molecular complexity index is 281. The molecule has 0 bridgehead atoms. The predicted octanol–water partition coefficient (Wildman–Crippen LogP) is 1.45. The molecule has 0 spiro atoms. The Balaban J connectivity index is 2.78. The molecule has 0 amide bonds. The maximum Gasteiger partial charge on any atom is 0.0577 e. The number of nitrogens with one attached hydrogen (secondary N) is 1. The van der Waals surface area contributed by atoms with Crippen LogP contribution in [0.1, 0.15) is 0 Å². The first-order valence-corrected chi connectivity index (χ1v) is 3.74. The minimum Gasteiger partial charge on any atom is -0.399 e. The third-order valence-corrected chi connectivity index (χ3v) is 1.51. The Morgan fingerprint density at radius 1 is 1.42 bits per heavy atom. The van der Waals surface area contributed by atoms with E-state index in [9.17, 15) is 0 Å². The third kappa shape index (κ3) is 1.92. The molecule has 1 aromatic rings. The van der Waals surface area contributed by atoms with Gasteiger partial charge in [-0.25, -0.2) is 0 Å². The zero-order valence-corrected chi connectivity index (χ0v) is 6.88. The lowest BCUT2D eigenvalue weighted by Crippen LogP contribution is -2.01. The van der Waals surface area contributed by atoms with Gasteiger partial charge in [-0.1, -0.05) is 6.08 Å². The second-order valence-electron chi connectivity index (χ2n) is 2.52. The summed E-state index contributed by atoms with van der Waals surface area (Å²) in [5, 5.41) is 3.09. The molecule has 12 heavy (non-hydrogen) atoms. The molecule has 0 radical (unpaired) electrons. The van der Waals surface area contributed by atoms with Crippen LogP contribution in [0.2, 0.25) is 0 Å². The van der Waals surface area contributed by atoms with Crippen LogP contribution in [0, 0.1) is 0 Å². The van der Waals surface area contributed by atoms with Crippen molar-refractivity contribution in [2.75, 3.05) is 23.3 Å². The Kier molecular flexibility index (Phi) is 2.58. The van der Waals surface area contributed by atoms with Gasteiger partial charge in [0, 0.05) is 12.2 Å². The first kappa shape index (κ1) is 8.46. The van der Waals surface area contributed by atoms with Crippen LogP contribution in [-0.2, 0) is 0 Å². The van der Waals surface area contributed by atoms with Crippen molar-refractivity contribution in [2.24, 2.45) is 0 Å². The zero-order chi connectivity index (χ0) is 8.97. The van der Waals surface area contributed by atoms with Crippen molar-refractivity contribution in [3.63, 3.8) is 0 Å². The molecule has 0 saturated heterocycles. The van der Waals surface area contributed by atoms with Gasteiger partial charge in [0.1, 0.15) is 0 Å². The first-order valence-electron chi connectivity index (χ1n) is 3.74. The average Bonchev–Trinajstić information content (AvgIpc) is 2.03. The van der Waals surface area contributed by atoms with Crippen LogP contribution in [0.4, 0.5) is 17.1 Å². The van der Waals surface area contributed by atoms with Gasteiger partial charge in [-0.05, 0) is 18.2 Å². The van der Waals surface area contributed by atoms with Gasteiger partial charge in [0.05, 0.1) is 11.4 Å². The van der Waals surface area contributed by atoms with Gasteiger partial charge in [0.2, 0.25) is 0 Å². The third-order valence-electron chi connectivity index (χ3n) is 1.51. The Hall–Kier alpha value is -1.64. The molecule has 0 atom stereocenters. The molecule has 3 heteroatoms. The number of rotatable bonds is 3. The van der Waals surface area contributed by atoms with Crippen LogP contribution in [-0.4, -0.2) is 6.54 Å². The molecule has 0 aliphatic heterocycles. The summed E-state index contributed by atoms with van der Waals surface area (Å²) < 4.78 is 0. The van der Waals surface area contributed by atoms with Gasteiger partial charge < -0.3 is 16.8 Å². The molecule has 0 aliphatic rings. The minimum absolute atomic E-state index is 0.664. The van der Waals surface area contributed by atoms with E-state index in [-0.39, 0.29) is 0 Å². The highest BCUT2D eigenvalue weighted by Crippen LogP contribution is 2.20. The summed E-state index contributed by atoms with van der Waals surface area (Å²) in [6.07, 6.45) is 1.77. The lowest BCUT2D eigenvalue weighted by molar-refractivity contribution is 1.34. The normalized spacial score (nSPS) is 9.33. The second-order valence-corrected chi connectivity index (χ2v) is 2.52. The fraction of sp³-hybridized carbons (Fsp3) is 0.111. The SMILES string of the molecule is C=CCNc1ccc(N)cc1N. The van der Waals surface area contributed by atoms with Crippen molar-refractivity contribution in [3.05, 3.63) is 30.9 Å². The van der Waals surface area contributed by atoms with Gasteiger partial charge in [-0.15, -0.1) is 6.58 Å². The summed E-state index contributed by atoms with van der Waals surface area (Å²) >= 11 is 0. The van der Waals surface area contributed by atoms with Crippen molar-refractivity contribution >= 4 is 17.1 Å². The summed E-state index contributed by atoms with van der Waals surface area (Å²) in [6.45, 7) is 4.30. The van der Waals surface area contributed by atoms with Crippen molar-refractivity contribution in [3.8, 4) is 0 Å². The maximum atomic E-state index is 5.69. The molecule has 3 nitrogen and oxygen atoms in total. The average molecular weight is 163 g/mol. The topological polar surface area (TPSA) is 64.1 Å². The highest BCUT2D eigenvalue weighted by atomic mass is 14.9. The summed E-state index contributed by atoms with van der Waals surface area (Å²) in [6, 6.07) is 5.39. The molecule has 1 rings (SSSR count). The van der Waals surface area contributed by atoms with Crippen molar-refractivity contribution in [1.29, 1.82) is 0 Å². The second kappa shape index (κ2) is 3.67. The highest BCUT2D eigenvalue weighted by Gasteiger charge is 1.96. The Morgan fingerprint density at radius 2 is 2.17 bits per heavy atom. The van der Waals surface area contributed by atoms with E-state index in [0.29, 0.717) is 17.9 Å². The van der Waals surface area contributed by atoms with Crippen LogP contribution in [0.5, 0.6) is 0 Å². The van der Waals surface area contributed by atoms with E-state index in [1.54, 1.807) is 12.1 Å². The van der Waals surface area contributed by atoms with E-state index in [1.165, 1.54) is 0 Å². The van der Waals surface area contributed by atoms with Crippen LogP contribution < -0.4 is 16.8 Å². The maximum absolute atomic E-state index is 5.69. The summed E-state index contributed by atoms with van der Waals surface area (Å²) in [4.78, 5) is 0. The van der Waals surface area contributed by atoms with Crippen LogP contribution >= 0.6 is 0 Å². The first-order chi connectivity index (χ1) is 5.74. The van der Waals surface area contributed by atoms with E-state index < -0.39 is 0 Å². The summed E-state index contributed by atoms with van der Waals surface area (Å²) in [5.74, 6) is 0. The van der Waals surface area contributed by atoms with E-state index in [4.69, 9.17) is 11.5 Å². The summed E-state index contributed by atoms with van der Waals surface area (Å²) in [5.41, 5.74) is 13.4. The summed E-state index contributed by atoms with van der Waals surface area (Å²) in [7, 11) is 0. The Labute approximate surface area is 72.1 Å². The van der Waals surface area contributed by atoms with Crippen molar-refractivity contribution in [1.82, 2.24) is 0 Å². The number of anilines is 3. The van der Waals surface area contributed by atoms with Gasteiger partial charge in [-0.2, -0.15) is 0 Å². The number of hydrogen-bond acceptors (Lipinski definition) is 3. The minimum atomic E-state index is 0.664. The number of benzene rings is 1. The fourth-order valence-electron chi connectivity index (χ4n) is 0.924. The van der Waals surface area contributed by atoms with Crippen LogP contribution in [0.25, 0.3) is 0 Å². The van der Waals surface area contributed by atoms with Gasteiger partial charge in [0.25, 0.3) is 0 Å². The van der Waals surface area contributed by atoms with Gasteiger partial charge >= 0.3 is 0 Å². The van der Waals surface area contributed by atoms with E-state index in [1.807, 2.05) is 12.1 Å². The lowest BCUT2D eigenvalue weighted by Gasteiger charge is -2.07. The van der Waals surface area contributed by atoms with Crippen molar-refractivity contribution in [2.45, 2.75) is 0 Å². The van der Waals surface area contributed by atoms with E-state index in [2.05, 4.69) is 11.9 Å². The van der Waals surface area contributed by atoms with Crippen LogP contribution in [0.15, 0.2) is 30.9 Å². The lowest BCUT2D eigenvalue weighted by atomic mass is 10.2. The van der Waals surface area contributed by atoms with Crippen molar-refractivity contribution < 1.29 is 0 Å². The van der Waals surface area contributed by atoms with Gasteiger partial charge in [-0.3, -0.25) is 0 Å². The Morgan fingerprint density at radius 3 is 2.75 bits per heavy atom. The molecular weight excluding hydrogens is 150 g/mol. The van der Waals surface area contributed by atoms with Crippen LogP contribution in [0.3, 0.4) is 0 Å². The smallest absolute Gasteiger partial charge is 0.0577 e. The molecule has 0 aromatic heterocycles. The van der Waals surface area contributed by atoms with E-state index in [0.717, 1.165) is 5.69 Å². The molecular formula is C9H13N3. The predicted molar refractivity (Wildman–Crippen MR) is 54.0 cm³/mol. The zero-order valence-electron chi connectivity index (χ0n) is 6.88. The molecule has 0 aliphatic carbocycles. The molecule has 0 unspecified atom stereocenters. The number of hydrogen-bond donors (Lipinski definition) is 3. The quantitative estimate of drug-likeness (QED) is 0.466. The molecule has 0 saturated carbocycles. The molecule has 0 fully saturated rings. The highest BCUT2D eigenvalue weighted by molar-refractivity contribution is 5.70. The standard InChI is InChI=1S/C9H13N3/c1-2-5-12-9-4-3-7(10)6-8(9)11/h2-4,6,12H,1,5,10-11H2. The molecule has 64 valence electrons. The molecule has 1 aromatic carbocycles. The molecule has 5 N–H and O–H groups in total. The largest absolute Gasteiger partial charge is 0.399 e. The molecule has 0 heterocycles. The van der Waals surface area contributed by atoms with Gasteiger partial charge in [0.15, 0.2) is 0 Å².